The van der Waals surface area contributed by atoms with Gasteiger partial charge in [-0.1, -0.05) is 12.1 Å². The molecule has 106 valence electrons. The monoisotopic (exact) mass is 281 g/mol. The largest absolute Gasteiger partial charge is 0.399 e. The van der Waals surface area contributed by atoms with Crippen LogP contribution < -0.4 is 11.1 Å². The van der Waals surface area contributed by atoms with Gasteiger partial charge in [-0.15, -0.1) is 0 Å². The Hall–Kier alpha value is -2.84. The molecule has 0 saturated carbocycles. The van der Waals surface area contributed by atoms with E-state index in [1.807, 2.05) is 6.07 Å². The van der Waals surface area contributed by atoms with Crippen LogP contribution in [0.3, 0.4) is 0 Å². The lowest BCUT2D eigenvalue weighted by molar-refractivity contribution is 0.0916. The predicted octanol–water partition coefficient (Wildman–Crippen LogP) is 1.60. The summed E-state index contributed by atoms with van der Waals surface area (Å²) in [5.41, 5.74) is 7.81. The van der Waals surface area contributed by atoms with E-state index in [0.717, 1.165) is 0 Å². The van der Waals surface area contributed by atoms with Gasteiger partial charge in [0, 0.05) is 17.8 Å². The Bertz CT molecular complexity index is 657. The van der Waals surface area contributed by atoms with Crippen molar-refractivity contribution >= 4 is 11.6 Å². The number of hydrogen-bond donors (Lipinski definition) is 3. The number of nitrogens with zero attached hydrogens (tertiary/aromatic N) is 1. The van der Waals surface area contributed by atoms with Crippen LogP contribution in [0.2, 0.25) is 0 Å². The van der Waals surface area contributed by atoms with Crippen LogP contribution in [0, 0.1) is 11.3 Å². The van der Waals surface area contributed by atoms with E-state index in [-0.39, 0.29) is 12.5 Å². The minimum Gasteiger partial charge on any atom is -0.399 e. The molecule has 1 amide bonds. The maximum Gasteiger partial charge on any atom is 0.251 e. The van der Waals surface area contributed by atoms with Crippen molar-refractivity contribution in [2.24, 2.45) is 0 Å². The molecule has 2 aromatic carbocycles. The highest BCUT2D eigenvalue weighted by molar-refractivity contribution is 5.94. The van der Waals surface area contributed by atoms with Gasteiger partial charge >= 0.3 is 0 Å². The molecule has 2 rings (SSSR count). The zero-order chi connectivity index (χ0) is 15.2. The van der Waals surface area contributed by atoms with Crippen LogP contribution in [0.25, 0.3) is 0 Å². The van der Waals surface area contributed by atoms with E-state index in [9.17, 15) is 9.90 Å². The first-order chi connectivity index (χ1) is 10.1. The number of nitrogens with two attached hydrogens (primary N) is 1. The molecule has 0 aromatic heterocycles. The molecule has 5 heteroatoms. The van der Waals surface area contributed by atoms with Crippen molar-refractivity contribution in [1.82, 2.24) is 5.32 Å². The smallest absolute Gasteiger partial charge is 0.251 e. The number of benzene rings is 2. The van der Waals surface area contributed by atoms with E-state index >= 15 is 0 Å². The van der Waals surface area contributed by atoms with E-state index < -0.39 is 6.10 Å². The van der Waals surface area contributed by atoms with Crippen molar-refractivity contribution in [2.75, 3.05) is 12.3 Å². The van der Waals surface area contributed by atoms with Gasteiger partial charge in [-0.3, -0.25) is 4.79 Å². The fourth-order valence-corrected chi connectivity index (χ4v) is 1.82. The summed E-state index contributed by atoms with van der Waals surface area (Å²) in [6.45, 7) is 0.1000. The van der Waals surface area contributed by atoms with E-state index in [0.29, 0.717) is 22.4 Å². The maximum absolute atomic E-state index is 11.9. The average molecular weight is 281 g/mol. The molecule has 0 bridgehead atoms. The average Bonchev–Trinajstić information content (AvgIpc) is 2.53. The number of amides is 1. The van der Waals surface area contributed by atoms with Gasteiger partial charge in [0.05, 0.1) is 17.7 Å². The van der Waals surface area contributed by atoms with Crippen molar-refractivity contribution in [1.29, 1.82) is 5.26 Å². The van der Waals surface area contributed by atoms with E-state index in [4.69, 9.17) is 11.0 Å². The Labute approximate surface area is 122 Å². The fourth-order valence-electron chi connectivity index (χ4n) is 1.82. The Morgan fingerprint density at radius 2 is 1.81 bits per heavy atom. The number of nitrogens with one attached hydrogen (secondary N) is 1. The zero-order valence-electron chi connectivity index (χ0n) is 11.3. The summed E-state index contributed by atoms with van der Waals surface area (Å²) < 4.78 is 0. The normalized spacial score (nSPS) is 11.4. The second kappa shape index (κ2) is 6.55. The van der Waals surface area contributed by atoms with Gasteiger partial charge in [0.25, 0.3) is 5.91 Å². The summed E-state index contributed by atoms with van der Waals surface area (Å²) in [6.07, 6.45) is -0.798. The van der Waals surface area contributed by atoms with Crippen LogP contribution >= 0.6 is 0 Å². The molecule has 0 heterocycles. The van der Waals surface area contributed by atoms with Gasteiger partial charge in [0.2, 0.25) is 0 Å². The predicted molar refractivity (Wildman–Crippen MR) is 79.3 cm³/mol. The number of aliphatic hydroxyl groups excluding tert-OH is 1. The number of hydrogen-bond acceptors (Lipinski definition) is 4. The van der Waals surface area contributed by atoms with Crippen LogP contribution in [0.4, 0.5) is 5.69 Å². The molecule has 0 radical (unpaired) electrons. The molecule has 0 aliphatic rings. The van der Waals surface area contributed by atoms with E-state index in [1.165, 1.54) is 0 Å². The summed E-state index contributed by atoms with van der Waals surface area (Å²) >= 11 is 0. The minimum absolute atomic E-state index is 0.1000. The molecule has 1 unspecified atom stereocenters. The summed E-state index contributed by atoms with van der Waals surface area (Å²) in [4.78, 5) is 11.9. The second-order valence-electron chi connectivity index (χ2n) is 4.58. The van der Waals surface area contributed by atoms with Crippen molar-refractivity contribution in [3.63, 3.8) is 0 Å². The van der Waals surface area contributed by atoms with Crippen LogP contribution in [-0.4, -0.2) is 17.6 Å². The van der Waals surface area contributed by atoms with Crippen molar-refractivity contribution in [2.45, 2.75) is 6.10 Å². The zero-order valence-corrected chi connectivity index (χ0v) is 11.3. The van der Waals surface area contributed by atoms with Crippen molar-refractivity contribution in [3.05, 3.63) is 65.2 Å². The van der Waals surface area contributed by atoms with E-state index in [1.54, 1.807) is 48.5 Å². The Morgan fingerprint density at radius 1 is 1.19 bits per heavy atom. The topological polar surface area (TPSA) is 99.1 Å². The van der Waals surface area contributed by atoms with Crippen LogP contribution in [0.1, 0.15) is 27.6 Å². The van der Waals surface area contributed by atoms with Crippen molar-refractivity contribution in [3.8, 4) is 6.07 Å². The molecule has 1 atom stereocenters. The first kappa shape index (κ1) is 14.6. The third-order valence-electron chi connectivity index (χ3n) is 3.05. The lowest BCUT2D eigenvalue weighted by Gasteiger charge is -2.12. The van der Waals surface area contributed by atoms with Gasteiger partial charge in [-0.25, -0.2) is 0 Å². The molecule has 2 aromatic rings. The van der Waals surface area contributed by atoms with Crippen LogP contribution in [0.5, 0.6) is 0 Å². The lowest BCUT2D eigenvalue weighted by atomic mass is 10.1. The molecule has 0 aliphatic heterocycles. The van der Waals surface area contributed by atoms with Gasteiger partial charge in [-0.2, -0.15) is 5.26 Å². The molecular formula is C16H15N3O2. The number of carbonyl (C=O) groups excluding carboxylic acids is 1. The molecule has 21 heavy (non-hydrogen) atoms. The summed E-state index contributed by atoms with van der Waals surface area (Å²) in [7, 11) is 0. The number of rotatable bonds is 4. The quantitative estimate of drug-likeness (QED) is 0.741. The minimum atomic E-state index is -0.798. The summed E-state index contributed by atoms with van der Waals surface area (Å²) in [5.74, 6) is -0.297. The van der Waals surface area contributed by atoms with Crippen LogP contribution in [0.15, 0.2) is 48.5 Å². The number of anilines is 1. The van der Waals surface area contributed by atoms with Gasteiger partial charge in [0.15, 0.2) is 0 Å². The Balaban J connectivity index is 1.94. The second-order valence-corrected chi connectivity index (χ2v) is 4.58. The van der Waals surface area contributed by atoms with Gasteiger partial charge < -0.3 is 16.2 Å². The third-order valence-corrected chi connectivity index (χ3v) is 3.05. The highest BCUT2D eigenvalue weighted by atomic mass is 16.3. The molecule has 0 aliphatic carbocycles. The number of carbonyl (C=O) groups is 1. The lowest BCUT2D eigenvalue weighted by Crippen LogP contribution is -2.28. The molecule has 5 nitrogen and oxygen atoms in total. The standard InChI is InChI=1S/C16H15N3O2/c17-9-11-1-3-13(4-2-11)16(21)19-10-15(20)12-5-7-14(18)8-6-12/h1-8,15,20H,10,18H2,(H,19,21). The summed E-state index contributed by atoms with van der Waals surface area (Å²) in [6, 6.07) is 15.1. The van der Waals surface area contributed by atoms with Gasteiger partial charge in [-0.05, 0) is 42.0 Å². The summed E-state index contributed by atoms with van der Waals surface area (Å²) in [5, 5.41) is 21.3. The number of nitriles is 1. The first-order valence-corrected chi connectivity index (χ1v) is 6.42. The molecular weight excluding hydrogens is 266 g/mol. The molecule has 4 N–H and O–H groups in total. The number of nitrogen functional groups attached to an aromatic ring is 1. The van der Waals surface area contributed by atoms with Gasteiger partial charge in [0.1, 0.15) is 0 Å². The highest BCUT2D eigenvalue weighted by Crippen LogP contribution is 2.14. The Morgan fingerprint density at radius 3 is 2.38 bits per heavy atom. The molecule has 0 saturated heterocycles. The SMILES string of the molecule is N#Cc1ccc(C(=O)NCC(O)c2ccc(N)cc2)cc1. The number of aliphatic hydroxyl groups is 1. The van der Waals surface area contributed by atoms with E-state index in [2.05, 4.69) is 5.32 Å². The maximum atomic E-state index is 11.9. The molecule has 0 spiro atoms. The fraction of sp³-hybridized carbons (Fsp3) is 0.125. The molecule has 0 fully saturated rings. The highest BCUT2D eigenvalue weighted by Gasteiger charge is 2.10. The Kier molecular flexibility index (Phi) is 4.54. The van der Waals surface area contributed by atoms with Crippen molar-refractivity contribution < 1.29 is 9.90 Å². The van der Waals surface area contributed by atoms with Crippen LogP contribution in [-0.2, 0) is 0 Å². The third kappa shape index (κ3) is 3.81. The first-order valence-electron chi connectivity index (χ1n) is 6.42.